The number of aliphatic hydroxyl groups excluding tert-OH is 1. The van der Waals surface area contributed by atoms with Gasteiger partial charge in [-0.15, -0.1) is 23.2 Å². The number of alkyl halides is 2. The van der Waals surface area contributed by atoms with Crippen molar-refractivity contribution in [2.45, 2.75) is 4.84 Å². The quantitative estimate of drug-likeness (QED) is 0.524. The van der Waals surface area contributed by atoms with Gasteiger partial charge < -0.3 is 10.8 Å². The fourth-order valence-corrected chi connectivity index (χ4v) is 0. The molecular formula is C3H9Cl2NO. The normalized spacial score (nSPS) is 7.71. The predicted molar refractivity (Wildman–Crippen MR) is 32.7 cm³/mol. The minimum atomic E-state index is -0.616. The molecule has 4 heteroatoms. The molecule has 7 heavy (non-hydrogen) atoms. The molecule has 0 amide bonds. The minimum Gasteiger partial charge on any atom is -0.394 e. The lowest BCUT2D eigenvalue weighted by atomic mass is 10.9. The molecule has 0 unspecified atom stereocenters. The molecule has 0 spiro atoms. The summed E-state index contributed by atoms with van der Waals surface area (Å²) in [7, 11) is 1.50. The van der Waals surface area contributed by atoms with E-state index in [2.05, 4.69) is 5.73 Å². The zero-order valence-electron chi connectivity index (χ0n) is 4.06. The van der Waals surface area contributed by atoms with E-state index in [1.807, 2.05) is 0 Å². The Kier molecular flexibility index (Phi) is 14.5. The Labute approximate surface area is 53.2 Å². The first-order chi connectivity index (χ1) is 3.27. The van der Waals surface area contributed by atoms with Gasteiger partial charge in [0.05, 0.1) is 6.61 Å². The van der Waals surface area contributed by atoms with Crippen LogP contribution in [-0.4, -0.2) is 23.6 Å². The third-order valence-corrected chi connectivity index (χ3v) is 0.414. The summed E-state index contributed by atoms with van der Waals surface area (Å²) in [5.41, 5.74) is 4.50. The maximum atomic E-state index is 7.88. The number of hydrogen-bond donors (Lipinski definition) is 2. The van der Waals surface area contributed by atoms with Crippen molar-refractivity contribution in [3.8, 4) is 0 Å². The Bertz CT molecular complexity index is 26.9. The average Bonchev–Trinajstić information content (AvgIpc) is 1.73. The molecule has 0 aromatic carbocycles. The highest BCUT2D eigenvalue weighted by Gasteiger charge is 1.88. The van der Waals surface area contributed by atoms with Crippen LogP contribution in [0.1, 0.15) is 0 Å². The molecule has 2 nitrogen and oxygen atoms in total. The second-order valence-corrected chi connectivity index (χ2v) is 1.85. The van der Waals surface area contributed by atoms with E-state index in [9.17, 15) is 0 Å². The van der Waals surface area contributed by atoms with Gasteiger partial charge in [-0.05, 0) is 7.05 Å². The Morgan fingerprint density at radius 3 is 1.71 bits per heavy atom. The van der Waals surface area contributed by atoms with Crippen molar-refractivity contribution >= 4 is 23.2 Å². The van der Waals surface area contributed by atoms with Crippen LogP contribution in [0.5, 0.6) is 0 Å². The molecule has 0 saturated carbocycles. The molecule has 3 N–H and O–H groups in total. The van der Waals surface area contributed by atoms with Crippen LogP contribution in [0.4, 0.5) is 0 Å². The van der Waals surface area contributed by atoms with E-state index in [0.29, 0.717) is 0 Å². The maximum absolute atomic E-state index is 7.88. The molecule has 0 fully saturated rings. The highest BCUT2D eigenvalue weighted by molar-refractivity contribution is 6.44. The summed E-state index contributed by atoms with van der Waals surface area (Å²) in [6.07, 6.45) is 0. The first-order valence-electron chi connectivity index (χ1n) is 1.74. The lowest BCUT2D eigenvalue weighted by Crippen LogP contribution is -1.90. The Morgan fingerprint density at radius 1 is 1.57 bits per heavy atom. The van der Waals surface area contributed by atoms with Crippen molar-refractivity contribution in [3.05, 3.63) is 0 Å². The first kappa shape index (κ1) is 10.5. The minimum absolute atomic E-state index is 0.164. The van der Waals surface area contributed by atoms with Crippen LogP contribution in [0.15, 0.2) is 0 Å². The summed E-state index contributed by atoms with van der Waals surface area (Å²) in [6.45, 7) is -0.164. The second-order valence-electron chi connectivity index (χ2n) is 0.574. The van der Waals surface area contributed by atoms with Crippen molar-refractivity contribution in [2.24, 2.45) is 5.73 Å². The zero-order valence-corrected chi connectivity index (χ0v) is 5.58. The Hall–Kier alpha value is 0.500. The number of halogens is 2. The van der Waals surface area contributed by atoms with Crippen LogP contribution >= 0.6 is 23.2 Å². The molecule has 46 valence electrons. The predicted octanol–water partition coefficient (Wildman–Crippen LogP) is 0.357. The van der Waals surface area contributed by atoms with Crippen LogP contribution in [0.25, 0.3) is 0 Å². The SMILES string of the molecule is CN.OCC(Cl)Cl. The molecule has 0 aromatic heterocycles. The van der Waals surface area contributed by atoms with Crippen LogP contribution in [0.3, 0.4) is 0 Å². The number of aliphatic hydroxyl groups is 1. The fraction of sp³-hybridized carbons (Fsp3) is 1.00. The zero-order chi connectivity index (χ0) is 6.28. The maximum Gasteiger partial charge on any atom is 0.130 e. The van der Waals surface area contributed by atoms with Crippen LogP contribution in [0.2, 0.25) is 0 Å². The first-order valence-corrected chi connectivity index (χ1v) is 2.61. The molecule has 0 radical (unpaired) electrons. The van der Waals surface area contributed by atoms with Crippen molar-refractivity contribution < 1.29 is 5.11 Å². The van der Waals surface area contributed by atoms with E-state index in [4.69, 9.17) is 28.3 Å². The molecule has 0 bridgehead atoms. The van der Waals surface area contributed by atoms with Gasteiger partial charge in [0, 0.05) is 0 Å². The summed E-state index contributed by atoms with van der Waals surface area (Å²) in [5.74, 6) is 0. The van der Waals surface area contributed by atoms with Crippen molar-refractivity contribution in [1.82, 2.24) is 0 Å². The van der Waals surface area contributed by atoms with Crippen LogP contribution in [0, 0.1) is 0 Å². The number of hydrogen-bond acceptors (Lipinski definition) is 2. The van der Waals surface area contributed by atoms with Gasteiger partial charge in [0.25, 0.3) is 0 Å². The highest BCUT2D eigenvalue weighted by Crippen LogP contribution is 1.96. The van der Waals surface area contributed by atoms with Gasteiger partial charge in [0.15, 0.2) is 0 Å². The van der Waals surface area contributed by atoms with Crippen molar-refractivity contribution in [2.75, 3.05) is 13.7 Å². The third-order valence-electron chi connectivity index (χ3n) is 0.138. The lowest BCUT2D eigenvalue weighted by molar-refractivity contribution is 0.313. The second kappa shape index (κ2) is 9.71. The Morgan fingerprint density at radius 2 is 1.71 bits per heavy atom. The van der Waals surface area contributed by atoms with Gasteiger partial charge in [-0.3, -0.25) is 0 Å². The lowest BCUT2D eigenvalue weighted by Gasteiger charge is -1.84. The van der Waals surface area contributed by atoms with Gasteiger partial charge in [-0.1, -0.05) is 0 Å². The average molecular weight is 146 g/mol. The van der Waals surface area contributed by atoms with E-state index in [-0.39, 0.29) is 6.61 Å². The molecule has 0 heterocycles. The summed E-state index contributed by atoms with van der Waals surface area (Å²) in [5, 5.41) is 7.88. The number of nitrogens with two attached hydrogens (primary N) is 1. The largest absolute Gasteiger partial charge is 0.394 e. The standard InChI is InChI=1S/C2H4Cl2O.CH5N/c3-2(4)1-5;1-2/h2,5H,1H2;2H2,1H3. The van der Waals surface area contributed by atoms with Crippen LogP contribution in [-0.2, 0) is 0 Å². The molecule has 0 aliphatic rings. The molecule has 0 rings (SSSR count). The van der Waals surface area contributed by atoms with E-state index in [1.54, 1.807) is 0 Å². The molecule has 0 aliphatic carbocycles. The van der Waals surface area contributed by atoms with Gasteiger partial charge >= 0.3 is 0 Å². The van der Waals surface area contributed by atoms with Crippen LogP contribution < -0.4 is 5.73 Å². The summed E-state index contributed by atoms with van der Waals surface area (Å²) in [4.78, 5) is -0.616. The Balaban J connectivity index is 0. The molecule has 0 aromatic rings. The summed E-state index contributed by atoms with van der Waals surface area (Å²) in [6, 6.07) is 0. The molecule has 0 atom stereocenters. The van der Waals surface area contributed by atoms with Crippen molar-refractivity contribution in [1.29, 1.82) is 0 Å². The molecule has 0 aliphatic heterocycles. The highest BCUT2D eigenvalue weighted by atomic mass is 35.5. The van der Waals surface area contributed by atoms with Gasteiger partial charge in [-0.2, -0.15) is 0 Å². The van der Waals surface area contributed by atoms with Gasteiger partial charge in [0.2, 0.25) is 0 Å². The fourth-order valence-electron chi connectivity index (χ4n) is 0. The smallest absolute Gasteiger partial charge is 0.130 e. The molecule has 0 saturated heterocycles. The summed E-state index contributed by atoms with van der Waals surface area (Å²) < 4.78 is 0. The monoisotopic (exact) mass is 145 g/mol. The molecular weight excluding hydrogens is 137 g/mol. The van der Waals surface area contributed by atoms with Gasteiger partial charge in [-0.25, -0.2) is 0 Å². The third kappa shape index (κ3) is 21.1. The van der Waals surface area contributed by atoms with E-state index >= 15 is 0 Å². The topological polar surface area (TPSA) is 46.2 Å². The summed E-state index contributed by atoms with van der Waals surface area (Å²) >= 11 is 9.96. The van der Waals surface area contributed by atoms with E-state index in [0.717, 1.165) is 0 Å². The number of rotatable bonds is 1. The van der Waals surface area contributed by atoms with Gasteiger partial charge in [0.1, 0.15) is 4.84 Å². The van der Waals surface area contributed by atoms with E-state index < -0.39 is 4.84 Å². The van der Waals surface area contributed by atoms with Crippen molar-refractivity contribution in [3.63, 3.8) is 0 Å². The van der Waals surface area contributed by atoms with E-state index in [1.165, 1.54) is 7.05 Å².